The van der Waals surface area contributed by atoms with Crippen molar-refractivity contribution in [3.63, 3.8) is 0 Å². The van der Waals surface area contributed by atoms with Crippen LogP contribution in [0.4, 0.5) is 0 Å². The van der Waals surface area contributed by atoms with Gasteiger partial charge in [-0.3, -0.25) is 0 Å². The van der Waals surface area contributed by atoms with E-state index in [-0.39, 0.29) is 23.9 Å². The van der Waals surface area contributed by atoms with Gasteiger partial charge in [-0.15, -0.1) is 0 Å². The highest BCUT2D eigenvalue weighted by atomic mass is 16.7. The third-order valence-corrected chi connectivity index (χ3v) is 4.07. The minimum Gasteiger partial charge on any atom is -0.491 e. The lowest BCUT2D eigenvalue weighted by atomic mass is 9.78. The van der Waals surface area contributed by atoms with Gasteiger partial charge in [0.15, 0.2) is 0 Å². The Balaban J connectivity index is 2.32. The fraction of sp³-hybridized carbons (Fsp3) is 0.625. The van der Waals surface area contributed by atoms with Gasteiger partial charge in [0, 0.05) is 0 Å². The number of hydrogen-bond acceptors (Lipinski definition) is 4. The van der Waals surface area contributed by atoms with Crippen LogP contribution in [0.25, 0.3) is 0 Å². The summed E-state index contributed by atoms with van der Waals surface area (Å²) in [5.41, 5.74) is 0.895. The van der Waals surface area contributed by atoms with Crippen LogP contribution in [0.3, 0.4) is 0 Å². The van der Waals surface area contributed by atoms with Crippen molar-refractivity contribution in [2.24, 2.45) is 0 Å². The van der Waals surface area contributed by atoms with Gasteiger partial charge in [0.25, 0.3) is 0 Å². The van der Waals surface area contributed by atoms with Crippen molar-refractivity contribution < 1.29 is 19.2 Å². The first-order valence-electron chi connectivity index (χ1n) is 7.41. The van der Waals surface area contributed by atoms with Crippen LogP contribution in [0.15, 0.2) is 18.2 Å². The molecule has 1 aliphatic heterocycles. The second-order valence-corrected chi connectivity index (χ2v) is 6.82. The first kappa shape index (κ1) is 16.3. The van der Waals surface area contributed by atoms with Gasteiger partial charge in [0.05, 0.1) is 23.9 Å². The first-order chi connectivity index (χ1) is 9.64. The van der Waals surface area contributed by atoms with E-state index in [0.29, 0.717) is 0 Å². The molecule has 0 saturated carbocycles. The molecule has 0 bridgehead atoms. The van der Waals surface area contributed by atoms with Gasteiger partial charge in [-0.1, -0.05) is 6.07 Å². The van der Waals surface area contributed by atoms with Gasteiger partial charge in [-0.25, -0.2) is 0 Å². The highest BCUT2D eigenvalue weighted by Crippen LogP contribution is 2.36. The van der Waals surface area contributed by atoms with Crippen LogP contribution >= 0.6 is 0 Å². The molecule has 5 heteroatoms. The van der Waals surface area contributed by atoms with E-state index in [9.17, 15) is 5.11 Å². The van der Waals surface area contributed by atoms with Crippen molar-refractivity contribution in [3.05, 3.63) is 23.8 Å². The first-order valence-corrected chi connectivity index (χ1v) is 7.41. The smallest absolute Gasteiger partial charge is 0.491 e. The molecule has 2 rings (SSSR count). The van der Waals surface area contributed by atoms with Gasteiger partial charge in [0.2, 0.25) is 0 Å². The standard InChI is InChI=1S/C16H25BO4/c1-11(2)19-14-8-12(10-18)7-13(9-14)17-20-15(3,4)16(5,6)21-17/h7-9,11,18H,10H2,1-6H3. The summed E-state index contributed by atoms with van der Waals surface area (Å²) in [5, 5.41) is 9.43. The van der Waals surface area contributed by atoms with E-state index in [2.05, 4.69) is 0 Å². The van der Waals surface area contributed by atoms with E-state index in [4.69, 9.17) is 14.0 Å². The van der Waals surface area contributed by atoms with Gasteiger partial charge in [0.1, 0.15) is 5.75 Å². The zero-order valence-corrected chi connectivity index (χ0v) is 13.8. The van der Waals surface area contributed by atoms with Crippen LogP contribution < -0.4 is 10.2 Å². The lowest BCUT2D eigenvalue weighted by molar-refractivity contribution is 0.00578. The topological polar surface area (TPSA) is 47.9 Å². The van der Waals surface area contributed by atoms with E-state index >= 15 is 0 Å². The van der Waals surface area contributed by atoms with Crippen LogP contribution in [0.2, 0.25) is 0 Å². The molecule has 1 fully saturated rings. The van der Waals surface area contributed by atoms with Crippen molar-refractivity contribution in [3.8, 4) is 5.75 Å². The zero-order chi connectivity index (χ0) is 15.8. The van der Waals surface area contributed by atoms with Crippen molar-refractivity contribution in [1.82, 2.24) is 0 Å². The van der Waals surface area contributed by atoms with Crippen LogP contribution in [-0.2, 0) is 15.9 Å². The second-order valence-electron chi connectivity index (χ2n) is 6.82. The molecule has 4 nitrogen and oxygen atoms in total. The van der Waals surface area contributed by atoms with Crippen molar-refractivity contribution >= 4 is 12.6 Å². The second kappa shape index (κ2) is 5.63. The summed E-state index contributed by atoms with van der Waals surface area (Å²) in [4.78, 5) is 0. The molecule has 1 aliphatic rings. The van der Waals surface area contributed by atoms with Gasteiger partial charge < -0.3 is 19.2 Å². The molecule has 21 heavy (non-hydrogen) atoms. The Kier molecular flexibility index (Phi) is 4.38. The van der Waals surface area contributed by atoms with E-state index in [1.807, 2.05) is 59.7 Å². The minimum absolute atomic E-state index is 0.0399. The summed E-state index contributed by atoms with van der Waals surface area (Å²) in [6.45, 7) is 12.0. The fourth-order valence-electron chi connectivity index (χ4n) is 2.23. The molecule has 0 aromatic heterocycles. The Bertz CT molecular complexity index is 495. The highest BCUT2D eigenvalue weighted by Gasteiger charge is 2.51. The molecule has 1 aromatic rings. The van der Waals surface area contributed by atoms with Crippen molar-refractivity contribution in [1.29, 1.82) is 0 Å². The monoisotopic (exact) mass is 292 g/mol. The molecule has 0 unspecified atom stereocenters. The molecular formula is C16H25BO4. The molecule has 0 radical (unpaired) electrons. The number of aliphatic hydroxyl groups excluding tert-OH is 1. The van der Waals surface area contributed by atoms with Gasteiger partial charge >= 0.3 is 7.12 Å². The normalized spacial score (nSPS) is 20.1. The van der Waals surface area contributed by atoms with Crippen molar-refractivity contribution in [2.75, 3.05) is 0 Å². The lowest BCUT2D eigenvalue weighted by Crippen LogP contribution is -2.41. The quantitative estimate of drug-likeness (QED) is 0.865. The molecule has 0 amide bonds. The van der Waals surface area contributed by atoms with E-state index in [1.54, 1.807) is 0 Å². The maximum absolute atomic E-state index is 9.43. The predicted molar refractivity (Wildman–Crippen MR) is 83.8 cm³/mol. The Morgan fingerprint density at radius 1 is 1.10 bits per heavy atom. The lowest BCUT2D eigenvalue weighted by Gasteiger charge is -2.32. The highest BCUT2D eigenvalue weighted by molar-refractivity contribution is 6.62. The van der Waals surface area contributed by atoms with Crippen LogP contribution in [0, 0.1) is 0 Å². The summed E-state index contributed by atoms with van der Waals surface area (Å²) in [7, 11) is -0.448. The molecule has 1 heterocycles. The molecule has 0 spiro atoms. The number of benzene rings is 1. The maximum atomic E-state index is 9.43. The van der Waals surface area contributed by atoms with Crippen molar-refractivity contribution in [2.45, 2.75) is 65.5 Å². The number of hydrogen-bond donors (Lipinski definition) is 1. The Hall–Kier alpha value is -1.04. The summed E-state index contributed by atoms with van der Waals surface area (Å²) < 4.78 is 17.8. The number of ether oxygens (including phenoxy) is 1. The minimum atomic E-state index is -0.448. The van der Waals surface area contributed by atoms with Gasteiger partial charge in [-0.05, 0) is 64.7 Å². The van der Waals surface area contributed by atoms with E-state index in [0.717, 1.165) is 16.8 Å². The SMILES string of the molecule is CC(C)Oc1cc(CO)cc(B2OC(C)(C)C(C)(C)O2)c1. The molecule has 0 atom stereocenters. The molecule has 1 saturated heterocycles. The fourth-order valence-corrected chi connectivity index (χ4v) is 2.23. The summed E-state index contributed by atoms with van der Waals surface area (Å²) in [5.74, 6) is 0.723. The molecule has 1 N–H and O–H groups in total. The average Bonchev–Trinajstić information content (AvgIpc) is 2.57. The van der Waals surface area contributed by atoms with Crippen LogP contribution in [-0.4, -0.2) is 29.5 Å². The van der Waals surface area contributed by atoms with E-state index < -0.39 is 7.12 Å². The molecule has 116 valence electrons. The average molecular weight is 292 g/mol. The third kappa shape index (κ3) is 3.42. The Morgan fingerprint density at radius 3 is 2.14 bits per heavy atom. The molecule has 1 aromatic carbocycles. The predicted octanol–water partition coefficient (Wildman–Crippen LogP) is 2.27. The summed E-state index contributed by atoms with van der Waals surface area (Å²) in [6, 6.07) is 5.66. The number of rotatable bonds is 4. The summed E-state index contributed by atoms with van der Waals surface area (Å²) in [6.07, 6.45) is 0.0742. The molecular weight excluding hydrogens is 267 g/mol. The third-order valence-electron chi connectivity index (χ3n) is 4.07. The molecule has 0 aliphatic carbocycles. The Labute approximate surface area is 127 Å². The Morgan fingerprint density at radius 2 is 1.67 bits per heavy atom. The van der Waals surface area contributed by atoms with Crippen LogP contribution in [0.1, 0.15) is 47.1 Å². The summed E-state index contributed by atoms with van der Waals surface area (Å²) >= 11 is 0. The zero-order valence-electron chi connectivity index (χ0n) is 13.8. The largest absolute Gasteiger partial charge is 0.494 e. The number of aliphatic hydroxyl groups is 1. The van der Waals surface area contributed by atoms with Crippen LogP contribution in [0.5, 0.6) is 5.75 Å². The van der Waals surface area contributed by atoms with E-state index in [1.165, 1.54) is 0 Å². The van der Waals surface area contributed by atoms with Gasteiger partial charge in [-0.2, -0.15) is 0 Å². The maximum Gasteiger partial charge on any atom is 0.494 e.